The Morgan fingerprint density at radius 3 is 2.53 bits per heavy atom. The molecular weight excluding hydrogens is 428 g/mol. The zero-order valence-electron chi connectivity index (χ0n) is 18.7. The summed E-state index contributed by atoms with van der Waals surface area (Å²) in [5.74, 6) is -0.430. The van der Waals surface area contributed by atoms with Gasteiger partial charge >= 0.3 is 12.0 Å². The van der Waals surface area contributed by atoms with E-state index in [9.17, 15) is 9.59 Å². The number of nitrogens with one attached hydrogen (secondary N) is 2. The average Bonchev–Trinajstić information content (AvgIpc) is 2.80. The minimum Gasteiger partial charge on any atom is -0.463 e. The Morgan fingerprint density at radius 1 is 1.12 bits per heavy atom. The van der Waals surface area contributed by atoms with Crippen LogP contribution in [0.15, 0.2) is 35.5 Å². The van der Waals surface area contributed by atoms with Gasteiger partial charge in [0.15, 0.2) is 0 Å². The molecule has 0 bridgehead atoms. The SMILES string of the molecule is CCOC(=O)C1=C(CN2CCN(C3CCCCC3)CC2)NC(=O)NC1c1ccccc1Cl. The van der Waals surface area contributed by atoms with Crippen molar-refractivity contribution in [3.05, 3.63) is 46.1 Å². The summed E-state index contributed by atoms with van der Waals surface area (Å²) >= 11 is 6.42. The maximum atomic E-state index is 13.0. The predicted octanol–water partition coefficient (Wildman–Crippen LogP) is 3.46. The van der Waals surface area contributed by atoms with Crippen LogP contribution in [0.4, 0.5) is 4.79 Å². The van der Waals surface area contributed by atoms with Crippen LogP contribution in [0.1, 0.15) is 50.6 Å². The van der Waals surface area contributed by atoms with Gasteiger partial charge in [-0.25, -0.2) is 9.59 Å². The van der Waals surface area contributed by atoms with Gasteiger partial charge < -0.3 is 15.4 Å². The summed E-state index contributed by atoms with van der Waals surface area (Å²) in [5.41, 5.74) is 1.71. The summed E-state index contributed by atoms with van der Waals surface area (Å²) in [5, 5.41) is 6.24. The number of nitrogens with zero attached hydrogens (tertiary/aromatic N) is 2. The second kappa shape index (κ2) is 10.7. The lowest BCUT2D eigenvalue weighted by molar-refractivity contribution is -0.139. The molecule has 1 unspecified atom stereocenters. The van der Waals surface area contributed by atoms with Crippen LogP contribution in [0.2, 0.25) is 5.02 Å². The zero-order valence-corrected chi connectivity index (χ0v) is 19.5. The molecule has 1 atom stereocenters. The molecule has 2 N–H and O–H groups in total. The molecule has 1 aromatic carbocycles. The van der Waals surface area contributed by atoms with Gasteiger partial charge in [-0.05, 0) is 31.4 Å². The third-order valence-corrected chi connectivity index (χ3v) is 7.09. The first-order valence-electron chi connectivity index (χ1n) is 11.7. The second-order valence-electron chi connectivity index (χ2n) is 8.77. The van der Waals surface area contributed by atoms with E-state index in [2.05, 4.69) is 20.4 Å². The lowest BCUT2D eigenvalue weighted by Gasteiger charge is -2.41. The maximum Gasteiger partial charge on any atom is 0.338 e. The molecule has 8 heteroatoms. The summed E-state index contributed by atoms with van der Waals surface area (Å²) in [4.78, 5) is 30.4. The van der Waals surface area contributed by atoms with Gasteiger partial charge in [-0.2, -0.15) is 0 Å². The van der Waals surface area contributed by atoms with Crippen molar-refractivity contribution < 1.29 is 14.3 Å². The van der Waals surface area contributed by atoms with Crippen LogP contribution in [0.5, 0.6) is 0 Å². The summed E-state index contributed by atoms with van der Waals surface area (Å²) in [6, 6.07) is 7.01. The van der Waals surface area contributed by atoms with Gasteiger partial charge in [0.25, 0.3) is 0 Å². The highest BCUT2D eigenvalue weighted by molar-refractivity contribution is 6.31. The van der Waals surface area contributed by atoms with Crippen LogP contribution >= 0.6 is 11.6 Å². The molecule has 0 aromatic heterocycles. The Hall–Kier alpha value is -2.09. The Labute approximate surface area is 195 Å². The molecular formula is C24H33ClN4O3. The number of hydrogen-bond donors (Lipinski definition) is 2. The monoisotopic (exact) mass is 460 g/mol. The van der Waals surface area contributed by atoms with E-state index in [0.717, 1.165) is 26.2 Å². The Balaban J connectivity index is 1.53. The van der Waals surface area contributed by atoms with E-state index in [1.165, 1.54) is 32.1 Å². The normalized spacial score (nSPS) is 23.6. The number of hydrogen-bond acceptors (Lipinski definition) is 5. The molecule has 2 amide bonds. The maximum absolute atomic E-state index is 13.0. The van der Waals surface area contributed by atoms with E-state index in [-0.39, 0.29) is 12.6 Å². The van der Waals surface area contributed by atoms with Gasteiger partial charge in [-0.1, -0.05) is 49.1 Å². The van der Waals surface area contributed by atoms with E-state index in [1.807, 2.05) is 18.2 Å². The van der Waals surface area contributed by atoms with Gasteiger partial charge in [0.05, 0.1) is 18.2 Å². The highest BCUT2D eigenvalue weighted by atomic mass is 35.5. The van der Waals surface area contributed by atoms with Crippen molar-refractivity contribution in [2.24, 2.45) is 0 Å². The molecule has 2 fully saturated rings. The largest absolute Gasteiger partial charge is 0.463 e. The fraction of sp³-hybridized carbons (Fsp3) is 0.583. The van der Waals surface area contributed by atoms with E-state index in [1.54, 1.807) is 13.0 Å². The molecule has 1 aliphatic carbocycles. The summed E-state index contributed by atoms with van der Waals surface area (Å²) < 4.78 is 5.37. The van der Waals surface area contributed by atoms with Crippen molar-refractivity contribution in [1.82, 2.24) is 20.4 Å². The van der Waals surface area contributed by atoms with Crippen molar-refractivity contribution in [2.45, 2.75) is 51.1 Å². The van der Waals surface area contributed by atoms with Crippen molar-refractivity contribution in [3.63, 3.8) is 0 Å². The molecule has 1 aromatic rings. The van der Waals surface area contributed by atoms with Crippen molar-refractivity contribution >= 4 is 23.6 Å². The number of halogens is 1. The minimum absolute atomic E-state index is 0.263. The average molecular weight is 461 g/mol. The molecule has 1 saturated carbocycles. The number of urea groups is 1. The van der Waals surface area contributed by atoms with Gasteiger partial charge in [-0.15, -0.1) is 0 Å². The number of amides is 2. The highest BCUT2D eigenvalue weighted by Crippen LogP contribution is 2.32. The topological polar surface area (TPSA) is 73.9 Å². The third kappa shape index (κ3) is 5.27. The number of rotatable bonds is 6. The van der Waals surface area contributed by atoms with E-state index in [4.69, 9.17) is 16.3 Å². The molecule has 174 valence electrons. The lowest BCUT2D eigenvalue weighted by Crippen LogP contribution is -2.53. The molecule has 2 heterocycles. The van der Waals surface area contributed by atoms with Crippen molar-refractivity contribution in [2.75, 3.05) is 39.3 Å². The molecule has 2 aliphatic heterocycles. The molecule has 4 rings (SSSR count). The predicted molar refractivity (Wildman–Crippen MR) is 124 cm³/mol. The minimum atomic E-state index is -0.643. The third-order valence-electron chi connectivity index (χ3n) is 6.74. The number of carbonyl (C=O) groups is 2. The summed E-state index contributed by atoms with van der Waals surface area (Å²) in [7, 11) is 0. The van der Waals surface area contributed by atoms with Crippen LogP contribution in [0.3, 0.4) is 0 Å². The summed E-state index contributed by atoms with van der Waals surface area (Å²) in [6.07, 6.45) is 6.65. The van der Waals surface area contributed by atoms with E-state index < -0.39 is 12.0 Å². The number of carbonyl (C=O) groups excluding carboxylic acids is 2. The fourth-order valence-electron chi connectivity index (χ4n) is 5.09. The number of piperazine rings is 1. The Bertz CT molecular complexity index is 861. The lowest BCUT2D eigenvalue weighted by atomic mass is 9.93. The molecule has 3 aliphatic rings. The van der Waals surface area contributed by atoms with Gasteiger partial charge in [-0.3, -0.25) is 9.80 Å². The number of ether oxygens (including phenoxy) is 1. The standard InChI is InChI=1S/C24H33ClN4O3/c1-2-32-23(30)21-20(26-24(31)27-22(21)18-10-6-7-11-19(18)25)16-28-12-14-29(15-13-28)17-8-4-3-5-9-17/h6-7,10-11,17,22H,2-5,8-9,12-16H2,1H3,(H2,26,27,31). The first-order valence-corrected chi connectivity index (χ1v) is 12.1. The first kappa shape index (κ1) is 23.1. The van der Waals surface area contributed by atoms with Gasteiger partial charge in [0.2, 0.25) is 0 Å². The van der Waals surface area contributed by atoms with Crippen LogP contribution in [-0.4, -0.2) is 67.2 Å². The quantitative estimate of drug-likeness (QED) is 0.636. The van der Waals surface area contributed by atoms with E-state index in [0.29, 0.717) is 34.4 Å². The zero-order chi connectivity index (χ0) is 22.5. The Kier molecular flexibility index (Phi) is 7.71. The molecule has 0 spiro atoms. The molecule has 1 saturated heterocycles. The van der Waals surface area contributed by atoms with E-state index >= 15 is 0 Å². The van der Waals surface area contributed by atoms with Gasteiger partial charge in [0, 0.05) is 49.5 Å². The highest BCUT2D eigenvalue weighted by Gasteiger charge is 2.36. The number of benzene rings is 1. The Morgan fingerprint density at radius 2 is 1.84 bits per heavy atom. The van der Waals surface area contributed by atoms with Gasteiger partial charge in [0.1, 0.15) is 0 Å². The summed E-state index contributed by atoms with van der Waals surface area (Å²) in [6.45, 7) is 6.41. The van der Waals surface area contributed by atoms with Crippen molar-refractivity contribution in [3.8, 4) is 0 Å². The van der Waals surface area contributed by atoms with Crippen LogP contribution in [0, 0.1) is 0 Å². The van der Waals surface area contributed by atoms with Crippen LogP contribution in [-0.2, 0) is 9.53 Å². The molecule has 32 heavy (non-hydrogen) atoms. The van der Waals surface area contributed by atoms with Crippen molar-refractivity contribution in [1.29, 1.82) is 0 Å². The number of esters is 1. The van der Waals surface area contributed by atoms with Crippen LogP contribution < -0.4 is 10.6 Å². The second-order valence-corrected chi connectivity index (χ2v) is 9.18. The first-order chi connectivity index (χ1) is 15.6. The molecule has 7 nitrogen and oxygen atoms in total. The fourth-order valence-corrected chi connectivity index (χ4v) is 5.34. The molecule has 0 radical (unpaired) electrons. The smallest absolute Gasteiger partial charge is 0.338 e. The van der Waals surface area contributed by atoms with Crippen LogP contribution in [0.25, 0.3) is 0 Å².